The molecule has 0 aliphatic heterocycles. The van der Waals surface area contributed by atoms with Gasteiger partial charge in [-0.15, -0.1) is 0 Å². The van der Waals surface area contributed by atoms with Crippen LogP contribution < -0.4 is 5.32 Å². The highest BCUT2D eigenvalue weighted by Crippen LogP contribution is 2.08. The number of amides is 1. The summed E-state index contributed by atoms with van der Waals surface area (Å²) in [5.74, 6) is -1.21. The lowest BCUT2D eigenvalue weighted by atomic mass is 10.1. The van der Waals surface area contributed by atoms with Crippen molar-refractivity contribution in [2.45, 2.75) is 6.54 Å². The third-order valence-corrected chi connectivity index (χ3v) is 2.86. The highest BCUT2D eigenvalue weighted by Gasteiger charge is 2.05. The second-order valence-corrected chi connectivity index (χ2v) is 4.47. The largest absolute Gasteiger partial charge is 0.478 e. The Hall–Kier alpha value is -2.88. The minimum Gasteiger partial charge on any atom is -0.478 e. The molecule has 0 aliphatic rings. The van der Waals surface area contributed by atoms with Crippen LogP contribution in [0.1, 0.15) is 21.5 Å². The van der Waals surface area contributed by atoms with E-state index in [9.17, 15) is 9.59 Å². The van der Waals surface area contributed by atoms with Crippen molar-refractivity contribution in [3.8, 4) is 0 Å². The molecule has 21 heavy (non-hydrogen) atoms. The smallest absolute Gasteiger partial charge is 0.328 e. The Balaban J connectivity index is 2.02. The summed E-state index contributed by atoms with van der Waals surface area (Å²) in [6.07, 6.45) is 2.50. The highest BCUT2D eigenvalue weighted by atomic mass is 16.4. The number of hydrogen-bond donors (Lipinski definition) is 2. The molecule has 106 valence electrons. The molecule has 0 fully saturated rings. The van der Waals surface area contributed by atoms with Crippen LogP contribution in [-0.4, -0.2) is 17.0 Å². The van der Waals surface area contributed by atoms with Gasteiger partial charge in [0.05, 0.1) is 0 Å². The number of carboxylic acid groups (broad SMARTS) is 1. The van der Waals surface area contributed by atoms with Gasteiger partial charge in [-0.3, -0.25) is 4.79 Å². The van der Waals surface area contributed by atoms with E-state index in [1.807, 2.05) is 30.3 Å². The third-order valence-electron chi connectivity index (χ3n) is 2.86. The minimum atomic E-state index is -1.02. The van der Waals surface area contributed by atoms with Crippen molar-refractivity contribution < 1.29 is 14.7 Å². The van der Waals surface area contributed by atoms with Crippen LogP contribution in [0.5, 0.6) is 0 Å². The average Bonchev–Trinajstić information content (AvgIpc) is 2.52. The summed E-state index contributed by atoms with van der Waals surface area (Å²) >= 11 is 0. The molecule has 0 spiro atoms. The van der Waals surface area contributed by atoms with Crippen LogP contribution in [0, 0.1) is 0 Å². The van der Waals surface area contributed by atoms with Crippen molar-refractivity contribution in [3.63, 3.8) is 0 Å². The normalized spacial score (nSPS) is 10.5. The average molecular weight is 281 g/mol. The van der Waals surface area contributed by atoms with Crippen molar-refractivity contribution in [3.05, 3.63) is 77.4 Å². The first kappa shape index (κ1) is 14.5. The van der Waals surface area contributed by atoms with E-state index in [-0.39, 0.29) is 5.91 Å². The molecular formula is C17H15NO3. The van der Waals surface area contributed by atoms with Gasteiger partial charge in [0.1, 0.15) is 0 Å². The Bertz CT molecular complexity index is 663. The van der Waals surface area contributed by atoms with Gasteiger partial charge in [0.15, 0.2) is 0 Å². The summed E-state index contributed by atoms with van der Waals surface area (Å²) in [5, 5.41) is 11.4. The van der Waals surface area contributed by atoms with E-state index in [0.29, 0.717) is 17.7 Å². The zero-order valence-corrected chi connectivity index (χ0v) is 11.3. The second kappa shape index (κ2) is 7.05. The van der Waals surface area contributed by atoms with Crippen LogP contribution in [0.15, 0.2) is 60.7 Å². The van der Waals surface area contributed by atoms with Gasteiger partial charge in [-0.2, -0.15) is 0 Å². The molecule has 1 amide bonds. The molecule has 2 rings (SSSR count). The first-order valence-corrected chi connectivity index (χ1v) is 6.48. The molecule has 2 aromatic carbocycles. The zero-order valence-electron chi connectivity index (χ0n) is 11.3. The molecule has 0 heterocycles. The molecule has 4 nitrogen and oxygen atoms in total. The van der Waals surface area contributed by atoms with E-state index in [1.54, 1.807) is 24.3 Å². The lowest BCUT2D eigenvalue weighted by Crippen LogP contribution is -2.22. The van der Waals surface area contributed by atoms with E-state index < -0.39 is 5.97 Å². The first-order valence-electron chi connectivity index (χ1n) is 6.48. The molecule has 0 aromatic heterocycles. The van der Waals surface area contributed by atoms with Crippen molar-refractivity contribution in [2.24, 2.45) is 0 Å². The SMILES string of the molecule is O=C(O)C=Cc1cccc(C(=O)NCc2ccccc2)c1. The van der Waals surface area contributed by atoms with Crippen molar-refractivity contribution in [1.29, 1.82) is 0 Å². The zero-order chi connectivity index (χ0) is 15.1. The van der Waals surface area contributed by atoms with Gasteiger partial charge in [0.25, 0.3) is 5.91 Å². The Morgan fingerprint density at radius 2 is 1.81 bits per heavy atom. The number of carbonyl (C=O) groups is 2. The summed E-state index contributed by atoms with van der Waals surface area (Å²) in [6, 6.07) is 16.4. The van der Waals surface area contributed by atoms with E-state index in [0.717, 1.165) is 11.6 Å². The maximum Gasteiger partial charge on any atom is 0.328 e. The molecule has 0 radical (unpaired) electrons. The maximum absolute atomic E-state index is 12.1. The molecule has 2 N–H and O–H groups in total. The summed E-state index contributed by atoms with van der Waals surface area (Å²) < 4.78 is 0. The second-order valence-electron chi connectivity index (χ2n) is 4.47. The fraction of sp³-hybridized carbons (Fsp3) is 0.0588. The third kappa shape index (κ3) is 4.62. The van der Waals surface area contributed by atoms with Crippen molar-refractivity contribution in [2.75, 3.05) is 0 Å². The predicted octanol–water partition coefficient (Wildman–Crippen LogP) is 2.71. The van der Waals surface area contributed by atoms with E-state index in [4.69, 9.17) is 5.11 Å². The maximum atomic E-state index is 12.1. The Labute approximate surface area is 122 Å². The Morgan fingerprint density at radius 3 is 2.52 bits per heavy atom. The summed E-state index contributed by atoms with van der Waals surface area (Å²) in [7, 11) is 0. The summed E-state index contributed by atoms with van der Waals surface area (Å²) in [6.45, 7) is 0.453. The summed E-state index contributed by atoms with van der Waals surface area (Å²) in [4.78, 5) is 22.5. The highest BCUT2D eigenvalue weighted by molar-refractivity contribution is 5.95. The number of aliphatic carboxylic acids is 1. The number of nitrogens with one attached hydrogen (secondary N) is 1. The fourth-order valence-corrected chi connectivity index (χ4v) is 1.83. The number of rotatable bonds is 5. The van der Waals surface area contributed by atoms with Gasteiger partial charge < -0.3 is 10.4 Å². The molecule has 0 aliphatic carbocycles. The molecule has 0 saturated heterocycles. The molecule has 0 unspecified atom stereocenters. The number of carboxylic acids is 1. The molecule has 0 bridgehead atoms. The molecule has 0 atom stereocenters. The van der Waals surface area contributed by atoms with Crippen LogP contribution in [0.25, 0.3) is 6.08 Å². The van der Waals surface area contributed by atoms with Crippen molar-refractivity contribution >= 4 is 18.0 Å². The quantitative estimate of drug-likeness (QED) is 0.828. The Morgan fingerprint density at radius 1 is 1.05 bits per heavy atom. The van der Waals surface area contributed by atoms with Crippen LogP contribution in [0.3, 0.4) is 0 Å². The lowest BCUT2D eigenvalue weighted by Gasteiger charge is -2.06. The Kier molecular flexibility index (Phi) is 4.88. The fourth-order valence-electron chi connectivity index (χ4n) is 1.83. The number of carbonyl (C=O) groups excluding carboxylic acids is 1. The van der Waals surface area contributed by atoms with Crippen molar-refractivity contribution in [1.82, 2.24) is 5.32 Å². The minimum absolute atomic E-state index is 0.190. The van der Waals surface area contributed by atoms with Gasteiger partial charge in [-0.25, -0.2) is 4.79 Å². The standard InChI is InChI=1S/C17H15NO3/c19-16(20)10-9-13-7-4-8-15(11-13)17(21)18-12-14-5-2-1-3-6-14/h1-11H,12H2,(H,18,21)(H,19,20). The molecule has 0 saturated carbocycles. The van der Waals surface area contributed by atoms with Gasteiger partial charge in [0.2, 0.25) is 0 Å². The topological polar surface area (TPSA) is 66.4 Å². The first-order chi connectivity index (χ1) is 10.1. The van der Waals surface area contributed by atoms with Crippen LogP contribution in [0.4, 0.5) is 0 Å². The molecule has 4 heteroatoms. The van der Waals surface area contributed by atoms with Gasteiger partial charge in [-0.05, 0) is 29.3 Å². The van der Waals surface area contributed by atoms with Crippen LogP contribution >= 0.6 is 0 Å². The van der Waals surface area contributed by atoms with Gasteiger partial charge in [0, 0.05) is 18.2 Å². The van der Waals surface area contributed by atoms with Crippen LogP contribution in [0.2, 0.25) is 0 Å². The molecular weight excluding hydrogens is 266 g/mol. The van der Waals surface area contributed by atoms with Gasteiger partial charge >= 0.3 is 5.97 Å². The van der Waals surface area contributed by atoms with Crippen LogP contribution in [-0.2, 0) is 11.3 Å². The van der Waals surface area contributed by atoms with Gasteiger partial charge in [-0.1, -0.05) is 42.5 Å². The molecule has 2 aromatic rings. The summed E-state index contributed by atoms with van der Waals surface area (Å²) in [5.41, 5.74) is 2.19. The number of hydrogen-bond acceptors (Lipinski definition) is 2. The van der Waals surface area contributed by atoms with E-state index in [2.05, 4.69) is 5.32 Å². The van der Waals surface area contributed by atoms with E-state index in [1.165, 1.54) is 6.08 Å². The lowest BCUT2D eigenvalue weighted by molar-refractivity contribution is -0.131. The van der Waals surface area contributed by atoms with E-state index >= 15 is 0 Å². The number of benzene rings is 2. The monoisotopic (exact) mass is 281 g/mol. The predicted molar refractivity (Wildman–Crippen MR) is 80.7 cm³/mol.